The van der Waals surface area contributed by atoms with Crippen molar-refractivity contribution in [2.75, 3.05) is 13.7 Å². The fraction of sp³-hybridized carbons (Fsp3) is 0.273. The summed E-state index contributed by atoms with van der Waals surface area (Å²) in [7, 11) is 1.54. The lowest BCUT2D eigenvalue weighted by Gasteiger charge is -2.18. The Kier molecular flexibility index (Phi) is 4.63. The van der Waals surface area contributed by atoms with Gasteiger partial charge in [-0.15, -0.1) is 12.1 Å². The third kappa shape index (κ3) is 4.52. The molecule has 0 spiro atoms. The molecule has 2 nitrogen and oxygen atoms in total. The van der Waals surface area contributed by atoms with Crippen molar-refractivity contribution in [3.63, 3.8) is 0 Å². The minimum Gasteiger partial charge on any atom is -0.492 e. The van der Waals surface area contributed by atoms with E-state index in [0.717, 1.165) is 5.56 Å². The van der Waals surface area contributed by atoms with Gasteiger partial charge in [-0.25, -0.2) is 0 Å². The van der Waals surface area contributed by atoms with Gasteiger partial charge in [0.05, 0.1) is 13.2 Å². The van der Waals surface area contributed by atoms with E-state index in [1.54, 1.807) is 31.4 Å². The molecule has 1 rings (SSSR count). The predicted octanol–water partition coefficient (Wildman–Crippen LogP) is 3.15. The Bertz CT molecular complexity index is 391. The molecule has 0 aromatic heterocycles. The summed E-state index contributed by atoms with van der Waals surface area (Å²) in [6.07, 6.45) is 0. The van der Waals surface area contributed by atoms with Gasteiger partial charge < -0.3 is 22.4 Å². The van der Waals surface area contributed by atoms with Crippen LogP contribution in [0.1, 0.15) is 5.56 Å². The van der Waals surface area contributed by atoms with Gasteiger partial charge in [0.2, 0.25) is 0 Å². The summed E-state index contributed by atoms with van der Waals surface area (Å²) in [6.45, 7) is -2.23. The molecule has 0 saturated heterocycles. The highest BCUT2D eigenvalue weighted by Gasteiger charge is 2.26. The monoisotopic (exact) mass is 245 g/mol. The standard InChI is InChI=1S/C11H13BF3O2/c1-9(12(13,14)15)7-17-11-5-3-4-10(6-11)8-16-2/h3-6H,1,7-8H2,2H3/q-1. The van der Waals surface area contributed by atoms with Crippen LogP contribution in [0.5, 0.6) is 5.75 Å². The highest BCUT2D eigenvalue weighted by Crippen LogP contribution is 2.20. The second kappa shape index (κ2) is 5.77. The molecule has 0 unspecified atom stereocenters. The first-order valence-electron chi connectivity index (χ1n) is 5.02. The Balaban J connectivity index is 2.57. The van der Waals surface area contributed by atoms with Crippen molar-refractivity contribution in [3.8, 4) is 5.75 Å². The molecule has 17 heavy (non-hydrogen) atoms. The van der Waals surface area contributed by atoms with Crippen LogP contribution in [0, 0.1) is 0 Å². The first-order chi connectivity index (χ1) is 7.93. The van der Waals surface area contributed by atoms with Crippen molar-refractivity contribution in [1.29, 1.82) is 0 Å². The molecule has 0 N–H and O–H groups in total. The van der Waals surface area contributed by atoms with Crippen molar-refractivity contribution in [2.45, 2.75) is 6.61 Å². The molecule has 1 aromatic carbocycles. The Morgan fingerprint density at radius 1 is 1.35 bits per heavy atom. The molecule has 94 valence electrons. The summed E-state index contributed by atoms with van der Waals surface area (Å²) in [6, 6.07) is 6.74. The van der Waals surface area contributed by atoms with Crippen LogP contribution in [0.4, 0.5) is 12.9 Å². The second-order valence-electron chi connectivity index (χ2n) is 3.60. The van der Waals surface area contributed by atoms with E-state index in [-0.39, 0.29) is 0 Å². The van der Waals surface area contributed by atoms with Crippen LogP contribution in [0.15, 0.2) is 36.3 Å². The van der Waals surface area contributed by atoms with Gasteiger partial charge in [-0.1, -0.05) is 12.1 Å². The van der Waals surface area contributed by atoms with Gasteiger partial charge in [-0.2, -0.15) is 0 Å². The maximum atomic E-state index is 12.2. The van der Waals surface area contributed by atoms with E-state index in [4.69, 9.17) is 9.47 Å². The molecule has 0 radical (unpaired) electrons. The highest BCUT2D eigenvalue weighted by molar-refractivity contribution is 6.66. The summed E-state index contributed by atoms with van der Waals surface area (Å²) in [5.41, 5.74) is -0.00437. The molecule has 0 saturated carbocycles. The zero-order chi connectivity index (χ0) is 12.9. The van der Waals surface area contributed by atoms with Gasteiger partial charge in [0.25, 0.3) is 0 Å². The van der Waals surface area contributed by atoms with E-state index in [1.165, 1.54) is 0 Å². The lowest BCUT2D eigenvalue weighted by atomic mass is 9.81. The van der Waals surface area contributed by atoms with Crippen molar-refractivity contribution in [3.05, 3.63) is 41.9 Å². The molecule has 0 bridgehead atoms. The fourth-order valence-electron chi connectivity index (χ4n) is 1.16. The Morgan fingerprint density at radius 2 is 2.06 bits per heavy atom. The SMILES string of the molecule is C=C(COc1cccc(COC)c1)[B-](F)(F)F. The van der Waals surface area contributed by atoms with E-state index < -0.39 is 19.1 Å². The van der Waals surface area contributed by atoms with Gasteiger partial charge in [-0.05, 0) is 17.7 Å². The molecule has 0 aliphatic rings. The minimum atomic E-state index is -5.03. The van der Waals surface area contributed by atoms with Crippen LogP contribution in [0.25, 0.3) is 0 Å². The van der Waals surface area contributed by atoms with Crippen LogP contribution >= 0.6 is 0 Å². The molecule has 0 aliphatic heterocycles. The molecule has 0 heterocycles. The number of methoxy groups -OCH3 is 1. The average molecular weight is 245 g/mol. The largest absolute Gasteiger partial charge is 0.508 e. The van der Waals surface area contributed by atoms with E-state index in [0.29, 0.717) is 12.4 Å². The molecule has 0 fully saturated rings. The lowest BCUT2D eigenvalue weighted by molar-refractivity contribution is 0.184. The van der Waals surface area contributed by atoms with Crippen LogP contribution in [-0.4, -0.2) is 20.7 Å². The molecule has 0 atom stereocenters. The third-order valence-electron chi connectivity index (χ3n) is 2.10. The quantitative estimate of drug-likeness (QED) is 0.716. The maximum absolute atomic E-state index is 12.2. The number of ether oxygens (including phenoxy) is 2. The van der Waals surface area contributed by atoms with Gasteiger partial charge >= 0.3 is 6.98 Å². The first-order valence-corrected chi connectivity index (χ1v) is 5.02. The first kappa shape index (κ1) is 13.6. The molecular formula is C11H13BF3O2-. The number of hydrogen-bond acceptors (Lipinski definition) is 2. The smallest absolute Gasteiger partial charge is 0.492 e. The number of halogens is 3. The molecule has 0 aliphatic carbocycles. The summed E-state index contributed by atoms with van der Waals surface area (Å²) in [5, 5.41) is 0. The van der Waals surface area contributed by atoms with Crippen molar-refractivity contribution < 1.29 is 22.4 Å². The number of rotatable bonds is 6. The van der Waals surface area contributed by atoms with Crippen molar-refractivity contribution in [2.24, 2.45) is 0 Å². The fourth-order valence-corrected chi connectivity index (χ4v) is 1.16. The summed E-state index contributed by atoms with van der Waals surface area (Å²) in [5.74, 6) is 0.376. The third-order valence-corrected chi connectivity index (χ3v) is 2.10. The lowest BCUT2D eigenvalue weighted by Crippen LogP contribution is -2.23. The van der Waals surface area contributed by atoms with Crippen LogP contribution in [0.3, 0.4) is 0 Å². The number of hydrogen-bond donors (Lipinski definition) is 0. The van der Waals surface area contributed by atoms with E-state index in [1.807, 2.05) is 0 Å². The van der Waals surface area contributed by atoms with Crippen LogP contribution in [0.2, 0.25) is 0 Å². The highest BCUT2D eigenvalue weighted by atomic mass is 19.4. The molecule has 6 heteroatoms. The predicted molar refractivity (Wildman–Crippen MR) is 60.9 cm³/mol. The van der Waals surface area contributed by atoms with Crippen molar-refractivity contribution in [1.82, 2.24) is 0 Å². The molecule has 0 amide bonds. The second-order valence-corrected chi connectivity index (χ2v) is 3.60. The van der Waals surface area contributed by atoms with E-state index >= 15 is 0 Å². The average Bonchev–Trinajstić information content (AvgIpc) is 2.25. The summed E-state index contributed by atoms with van der Waals surface area (Å²) in [4.78, 5) is 0. The Labute approximate surface area is 98.1 Å². The topological polar surface area (TPSA) is 18.5 Å². The number of benzene rings is 1. The Hall–Kier alpha value is -1.43. The van der Waals surface area contributed by atoms with E-state index in [9.17, 15) is 12.9 Å². The van der Waals surface area contributed by atoms with E-state index in [2.05, 4.69) is 6.58 Å². The van der Waals surface area contributed by atoms with Crippen molar-refractivity contribution >= 4 is 6.98 Å². The normalized spacial score (nSPS) is 11.3. The van der Waals surface area contributed by atoms with Crippen LogP contribution < -0.4 is 4.74 Å². The zero-order valence-electron chi connectivity index (χ0n) is 9.46. The van der Waals surface area contributed by atoms with Gasteiger partial charge in [0.1, 0.15) is 5.75 Å². The molecule has 1 aromatic rings. The summed E-state index contributed by atoms with van der Waals surface area (Å²) >= 11 is 0. The van der Waals surface area contributed by atoms with Crippen LogP contribution in [-0.2, 0) is 11.3 Å². The minimum absolute atomic E-state index is 0.376. The zero-order valence-corrected chi connectivity index (χ0v) is 9.46. The summed E-state index contributed by atoms with van der Waals surface area (Å²) < 4.78 is 46.6. The Morgan fingerprint density at radius 3 is 2.65 bits per heavy atom. The van der Waals surface area contributed by atoms with Gasteiger partial charge in [0, 0.05) is 7.11 Å². The maximum Gasteiger partial charge on any atom is 0.508 e. The van der Waals surface area contributed by atoms with Gasteiger partial charge in [-0.3, -0.25) is 0 Å². The molecular weight excluding hydrogens is 232 g/mol. The van der Waals surface area contributed by atoms with Gasteiger partial charge in [0.15, 0.2) is 0 Å².